The van der Waals surface area contributed by atoms with Crippen LogP contribution in [0.1, 0.15) is 18.6 Å². The smallest absolute Gasteiger partial charge is 0.283 e. The molecule has 5 N–H and O–H groups in total. The molecular formula is C12H13N5O3S. The van der Waals surface area contributed by atoms with Gasteiger partial charge in [-0.15, -0.1) is 0 Å². The van der Waals surface area contributed by atoms with Crippen LogP contribution in [0.3, 0.4) is 0 Å². The van der Waals surface area contributed by atoms with Gasteiger partial charge in [-0.25, -0.2) is 9.97 Å². The zero-order chi connectivity index (χ0) is 15.6. The van der Waals surface area contributed by atoms with Crippen molar-refractivity contribution in [2.24, 2.45) is 0 Å². The van der Waals surface area contributed by atoms with Crippen molar-refractivity contribution in [2.75, 3.05) is 11.5 Å². The van der Waals surface area contributed by atoms with E-state index in [2.05, 4.69) is 9.97 Å². The van der Waals surface area contributed by atoms with Crippen molar-refractivity contribution in [3.63, 3.8) is 0 Å². The molecule has 0 saturated carbocycles. The minimum Gasteiger partial charge on any atom is -0.389 e. The van der Waals surface area contributed by atoms with Crippen LogP contribution in [0.4, 0.5) is 17.3 Å². The van der Waals surface area contributed by atoms with E-state index in [9.17, 15) is 15.2 Å². The maximum Gasteiger partial charge on any atom is 0.283 e. The summed E-state index contributed by atoms with van der Waals surface area (Å²) < 4.78 is 0. The molecule has 1 atom stereocenters. The molecule has 0 bridgehead atoms. The molecule has 1 aromatic carbocycles. The van der Waals surface area contributed by atoms with Gasteiger partial charge in [0.15, 0.2) is 5.16 Å². The van der Waals surface area contributed by atoms with Gasteiger partial charge in [0, 0.05) is 12.1 Å². The van der Waals surface area contributed by atoms with Crippen LogP contribution in [-0.4, -0.2) is 20.0 Å². The summed E-state index contributed by atoms with van der Waals surface area (Å²) in [6, 6.07) is 5.86. The molecule has 21 heavy (non-hydrogen) atoms. The van der Waals surface area contributed by atoms with E-state index in [-0.39, 0.29) is 22.5 Å². The first kappa shape index (κ1) is 15.0. The molecule has 0 saturated heterocycles. The number of rotatable bonds is 4. The Morgan fingerprint density at radius 2 is 1.90 bits per heavy atom. The van der Waals surface area contributed by atoms with Crippen LogP contribution in [-0.2, 0) is 0 Å². The van der Waals surface area contributed by atoms with Crippen LogP contribution < -0.4 is 11.5 Å². The van der Waals surface area contributed by atoms with E-state index in [1.165, 1.54) is 25.1 Å². The van der Waals surface area contributed by atoms with Crippen LogP contribution in [0.2, 0.25) is 0 Å². The lowest BCUT2D eigenvalue weighted by Crippen LogP contribution is -2.00. The summed E-state index contributed by atoms with van der Waals surface area (Å²) in [4.78, 5) is 18.9. The Hall–Kier alpha value is -2.39. The highest BCUT2D eigenvalue weighted by molar-refractivity contribution is 7.99. The second kappa shape index (κ2) is 5.94. The molecule has 1 aromatic heterocycles. The quantitative estimate of drug-likeness (QED) is 0.440. The number of nitro groups is 1. The van der Waals surface area contributed by atoms with Gasteiger partial charge in [-0.2, -0.15) is 0 Å². The van der Waals surface area contributed by atoms with E-state index in [0.29, 0.717) is 10.5 Å². The lowest BCUT2D eigenvalue weighted by molar-refractivity contribution is -0.387. The van der Waals surface area contributed by atoms with Gasteiger partial charge >= 0.3 is 0 Å². The van der Waals surface area contributed by atoms with E-state index in [0.717, 1.165) is 11.8 Å². The summed E-state index contributed by atoms with van der Waals surface area (Å²) in [5.41, 5.74) is 11.4. The number of hydrogen-bond donors (Lipinski definition) is 3. The van der Waals surface area contributed by atoms with Gasteiger partial charge in [0.25, 0.3) is 5.69 Å². The number of aliphatic hydroxyl groups is 1. The molecule has 9 heteroatoms. The molecule has 2 aromatic rings. The van der Waals surface area contributed by atoms with E-state index in [1.54, 1.807) is 6.07 Å². The minimum atomic E-state index is -0.790. The largest absolute Gasteiger partial charge is 0.389 e. The van der Waals surface area contributed by atoms with Gasteiger partial charge in [0.2, 0.25) is 0 Å². The Labute approximate surface area is 124 Å². The van der Waals surface area contributed by atoms with Gasteiger partial charge < -0.3 is 16.6 Å². The van der Waals surface area contributed by atoms with E-state index < -0.39 is 11.0 Å². The predicted molar refractivity (Wildman–Crippen MR) is 78.7 cm³/mol. The molecule has 1 heterocycles. The van der Waals surface area contributed by atoms with Crippen LogP contribution in [0.5, 0.6) is 0 Å². The molecular weight excluding hydrogens is 294 g/mol. The minimum absolute atomic E-state index is 0.136. The van der Waals surface area contributed by atoms with Crippen LogP contribution in [0.25, 0.3) is 0 Å². The van der Waals surface area contributed by atoms with Crippen molar-refractivity contribution in [2.45, 2.75) is 23.1 Å². The van der Waals surface area contributed by atoms with E-state index >= 15 is 0 Å². The van der Waals surface area contributed by atoms with Crippen molar-refractivity contribution in [3.05, 3.63) is 39.9 Å². The average molecular weight is 307 g/mol. The molecule has 0 aliphatic carbocycles. The van der Waals surface area contributed by atoms with Crippen molar-refractivity contribution < 1.29 is 10.0 Å². The highest BCUT2D eigenvalue weighted by Crippen LogP contribution is 2.35. The number of aliphatic hydroxyl groups excluding tert-OH is 1. The number of aromatic nitrogens is 2. The van der Waals surface area contributed by atoms with Crippen LogP contribution in [0, 0.1) is 10.1 Å². The standard InChI is InChI=1S/C12H13N5O3S/c1-6(18)7-2-3-9(8(4-7)17(19)20)21-12-15-10(13)5-11(14)16-12/h2-6,18H,1H3,(H4,13,14,15,16)/t6-/m0/s1. The number of nitrogens with two attached hydrogens (primary N) is 2. The maximum absolute atomic E-state index is 11.1. The fourth-order valence-electron chi connectivity index (χ4n) is 1.63. The average Bonchev–Trinajstić information content (AvgIpc) is 2.37. The van der Waals surface area contributed by atoms with Gasteiger partial charge in [-0.05, 0) is 30.3 Å². The molecule has 110 valence electrons. The highest BCUT2D eigenvalue weighted by Gasteiger charge is 2.18. The van der Waals surface area contributed by atoms with Gasteiger partial charge in [0.05, 0.1) is 15.9 Å². The zero-order valence-electron chi connectivity index (χ0n) is 11.1. The molecule has 0 radical (unpaired) electrons. The second-order valence-corrected chi connectivity index (χ2v) is 5.27. The lowest BCUT2D eigenvalue weighted by atomic mass is 10.1. The molecule has 2 rings (SSSR count). The van der Waals surface area contributed by atoms with Crippen molar-refractivity contribution >= 4 is 29.1 Å². The fourth-order valence-corrected chi connectivity index (χ4v) is 2.50. The summed E-state index contributed by atoms with van der Waals surface area (Å²) >= 11 is 0.986. The third kappa shape index (κ3) is 3.58. The number of hydrogen-bond acceptors (Lipinski definition) is 8. The summed E-state index contributed by atoms with van der Waals surface area (Å²) in [5.74, 6) is 0.376. The molecule has 0 aliphatic rings. The Morgan fingerprint density at radius 1 is 1.29 bits per heavy atom. The van der Waals surface area contributed by atoms with Gasteiger partial charge in [-0.3, -0.25) is 10.1 Å². The summed E-state index contributed by atoms with van der Waals surface area (Å²) in [7, 11) is 0. The maximum atomic E-state index is 11.1. The zero-order valence-corrected chi connectivity index (χ0v) is 11.9. The van der Waals surface area contributed by atoms with Crippen LogP contribution in [0.15, 0.2) is 34.3 Å². The summed E-state index contributed by atoms with van der Waals surface area (Å²) in [5, 5.41) is 20.9. The first-order chi connectivity index (χ1) is 9.86. The predicted octanol–water partition coefficient (Wildman–Crippen LogP) is 1.75. The van der Waals surface area contributed by atoms with Gasteiger partial charge in [-0.1, -0.05) is 6.07 Å². The molecule has 0 aliphatic heterocycles. The Kier molecular flexibility index (Phi) is 4.24. The monoisotopic (exact) mass is 307 g/mol. The summed E-state index contributed by atoms with van der Waals surface area (Å²) in [6.45, 7) is 1.54. The van der Waals surface area contributed by atoms with E-state index in [1.807, 2.05) is 0 Å². The third-order valence-electron chi connectivity index (χ3n) is 2.61. The van der Waals surface area contributed by atoms with Gasteiger partial charge in [0.1, 0.15) is 11.6 Å². The first-order valence-corrected chi connectivity index (χ1v) is 6.72. The number of nitrogens with zero attached hydrogens (tertiary/aromatic N) is 3. The van der Waals surface area contributed by atoms with E-state index in [4.69, 9.17) is 11.5 Å². The molecule has 0 spiro atoms. The molecule has 0 unspecified atom stereocenters. The highest BCUT2D eigenvalue weighted by atomic mass is 32.2. The number of nitro benzene ring substituents is 1. The molecule has 0 fully saturated rings. The molecule has 8 nitrogen and oxygen atoms in total. The number of nitrogen functional groups attached to an aromatic ring is 2. The summed E-state index contributed by atoms with van der Waals surface area (Å²) in [6.07, 6.45) is -0.790. The topological polar surface area (TPSA) is 141 Å². The number of benzene rings is 1. The Morgan fingerprint density at radius 3 is 2.43 bits per heavy atom. The van der Waals surface area contributed by atoms with Crippen LogP contribution >= 0.6 is 11.8 Å². The fraction of sp³-hybridized carbons (Fsp3) is 0.167. The SMILES string of the molecule is C[C@H](O)c1ccc(Sc2nc(N)cc(N)n2)c([N+](=O)[O-])c1. The van der Waals surface area contributed by atoms with Crippen molar-refractivity contribution in [1.29, 1.82) is 0 Å². The second-order valence-electron chi connectivity index (χ2n) is 4.26. The van der Waals surface area contributed by atoms with Crippen molar-refractivity contribution in [1.82, 2.24) is 9.97 Å². The first-order valence-electron chi connectivity index (χ1n) is 5.91. The normalized spacial score (nSPS) is 12.1. The van der Waals surface area contributed by atoms with Crippen molar-refractivity contribution in [3.8, 4) is 0 Å². The Balaban J connectivity index is 2.41. The third-order valence-corrected chi connectivity index (χ3v) is 3.54. The molecule has 0 amide bonds. The lowest BCUT2D eigenvalue weighted by Gasteiger charge is -2.07. The Bertz CT molecular complexity index is 672. The number of anilines is 2.